The van der Waals surface area contributed by atoms with Crippen molar-refractivity contribution in [3.05, 3.63) is 11.3 Å². The fourth-order valence-corrected chi connectivity index (χ4v) is 3.45. The summed E-state index contributed by atoms with van der Waals surface area (Å²) < 4.78 is 1.92. The monoisotopic (exact) mass is 250 g/mol. The number of aliphatic hydroxyl groups is 1. The lowest BCUT2D eigenvalue weighted by atomic mass is 10.1. The maximum Gasteiger partial charge on any atom is 0.132 e. The summed E-state index contributed by atoms with van der Waals surface area (Å²) in [4.78, 5) is 5.00. The second-order valence-electron chi connectivity index (χ2n) is 5.45. The van der Waals surface area contributed by atoms with Crippen molar-refractivity contribution in [3.8, 4) is 0 Å². The van der Waals surface area contributed by atoms with Crippen molar-refractivity contribution < 1.29 is 5.11 Å². The van der Waals surface area contributed by atoms with Crippen LogP contribution in [-0.2, 0) is 13.7 Å². The van der Waals surface area contributed by atoms with Crippen LogP contribution in [0, 0.1) is 6.92 Å². The third kappa shape index (κ3) is 1.82. The van der Waals surface area contributed by atoms with Gasteiger partial charge in [0.2, 0.25) is 0 Å². The summed E-state index contributed by atoms with van der Waals surface area (Å²) in [7, 11) is 1.97. The van der Waals surface area contributed by atoms with E-state index < -0.39 is 0 Å². The molecule has 0 aliphatic carbocycles. The summed E-state index contributed by atoms with van der Waals surface area (Å²) in [6.45, 7) is 6.57. The lowest BCUT2D eigenvalue weighted by molar-refractivity contribution is 0.228. The standard InChI is InChI=1S/C13H22N4O/c1-10-12(9-18)13(15(2)14-10)17-7-6-16-5-3-4-11(16)8-17/h11,18H,3-9H2,1-2H3. The minimum atomic E-state index is 0.0832. The van der Waals surface area contributed by atoms with Gasteiger partial charge in [-0.25, -0.2) is 0 Å². The summed E-state index contributed by atoms with van der Waals surface area (Å²) in [6, 6.07) is 0.695. The first-order valence-electron chi connectivity index (χ1n) is 6.83. The number of rotatable bonds is 2. The predicted octanol–water partition coefficient (Wildman–Crippen LogP) is 0.505. The minimum Gasteiger partial charge on any atom is -0.391 e. The van der Waals surface area contributed by atoms with E-state index in [4.69, 9.17) is 0 Å². The molecule has 5 nitrogen and oxygen atoms in total. The lowest BCUT2D eigenvalue weighted by Gasteiger charge is -2.38. The zero-order valence-corrected chi connectivity index (χ0v) is 11.3. The molecule has 3 heterocycles. The van der Waals surface area contributed by atoms with Crippen LogP contribution < -0.4 is 4.90 Å². The highest BCUT2D eigenvalue weighted by Gasteiger charge is 2.32. The maximum absolute atomic E-state index is 9.54. The number of aromatic nitrogens is 2. The SMILES string of the molecule is Cc1nn(C)c(N2CCN3CCCC3C2)c1CO. The molecule has 0 saturated carbocycles. The first kappa shape index (κ1) is 12.0. The van der Waals surface area contributed by atoms with Gasteiger partial charge < -0.3 is 10.0 Å². The van der Waals surface area contributed by atoms with Gasteiger partial charge in [-0.3, -0.25) is 9.58 Å². The van der Waals surface area contributed by atoms with E-state index in [1.54, 1.807) is 0 Å². The van der Waals surface area contributed by atoms with Gasteiger partial charge in [0.25, 0.3) is 0 Å². The van der Waals surface area contributed by atoms with Crippen LogP contribution in [0.2, 0.25) is 0 Å². The van der Waals surface area contributed by atoms with Gasteiger partial charge in [0.1, 0.15) is 5.82 Å². The molecule has 2 aliphatic heterocycles. The van der Waals surface area contributed by atoms with E-state index in [-0.39, 0.29) is 6.61 Å². The van der Waals surface area contributed by atoms with Gasteiger partial charge in [0, 0.05) is 38.3 Å². The van der Waals surface area contributed by atoms with Gasteiger partial charge in [-0.2, -0.15) is 5.10 Å². The third-order valence-electron chi connectivity index (χ3n) is 4.36. The van der Waals surface area contributed by atoms with Crippen molar-refractivity contribution in [2.75, 3.05) is 31.1 Å². The van der Waals surface area contributed by atoms with E-state index in [9.17, 15) is 5.11 Å². The molecule has 1 aromatic rings. The van der Waals surface area contributed by atoms with Crippen LogP contribution in [0.5, 0.6) is 0 Å². The molecule has 1 unspecified atom stereocenters. The molecule has 0 radical (unpaired) electrons. The lowest BCUT2D eigenvalue weighted by Crippen LogP contribution is -2.50. The molecule has 0 spiro atoms. The van der Waals surface area contributed by atoms with Gasteiger partial charge in [-0.05, 0) is 26.3 Å². The van der Waals surface area contributed by atoms with E-state index in [1.165, 1.54) is 19.4 Å². The minimum absolute atomic E-state index is 0.0832. The predicted molar refractivity (Wildman–Crippen MR) is 70.7 cm³/mol. The number of fused-ring (bicyclic) bond motifs is 1. The average molecular weight is 250 g/mol. The average Bonchev–Trinajstić information content (AvgIpc) is 2.91. The van der Waals surface area contributed by atoms with Crippen LogP contribution in [0.4, 0.5) is 5.82 Å². The summed E-state index contributed by atoms with van der Waals surface area (Å²) in [5, 5.41) is 14.0. The Kier molecular flexibility index (Phi) is 3.03. The molecule has 3 rings (SSSR count). The molecule has 18 heavy (non-hydrogen) atoms. The molecule has 5 heteroatoms. The Bertz CT molecular complexity index is 442. The smallest absolute Gasteiger partial charge is 0.132 e. The second-order valence-corrected chi connectivity index (χ2v) is 5.45. The van der Waals surface area contributed by atoms with E-state index in [1.807, 2.05) is 18.7 Å². The molecule has 1 atom stereocenters. The van der Waals surface area contributed by atoms with Crippen LogP contribution in [0.15, 0.2) is 0 Å². The molecule has 1 N–H and O–H groups in total. The Hall–Kier alpha value is -1.07. The van der Waals surface area contributed by atoms with E-state index >= 15 is 0 Å². The first-order chi connectivity index (χ1) is 8.70. The van der Waals surface area contributed by atoms with Crippen molar-refractivity contribution >= 4 is 5.82 Å². The summed E-state index contributed by atoms with van der Waals surface area (Å²) in [5.74, 6) is 1.11. The van der Waals surface area contributed by atoms with Crippen LogP contribution in [-0.4, -0.2) is 52.0 Å². The van der Waals surface area contributed by atoms with Gasteiger partial charge in [0.15, 0.2) is 0 Å². The van der Waals surface area contributed by atoms with Gasteiger partial charge in [-0.1, -0.05) is 0 Å². The highest BCUT2D eigenvalue weighted by atomic mass is 16.3. The number of hydrogen-bond donors (Lipinski definition) is 1. The van der Waals surface area contributed by atoms with Gasteiger partial charge in [0.05, 0.1) is 12.3 Å². The molecule has 0 amide bonds. The molecular formula is C13H22N4O. The van der Waals surface area contributed by atoms with Crippen LogP contribution >= 0.6 is 0 Å². The Morgan fingerprint density at radius 1 is 1.33 bits per heavy atom. The fraction of sp³-hybridized carbons (Fsp3) is 0.769. The summed E-state index contributed by atoms with van der Waals surface area (Å²) >= 11 is 0. The van der Waals surface area contributed by atoms with Crippen molar-refractivity contribution in [2.45, 2.75) is 32.4 Å². The molecule has 2 saturated heterocycles. The largest absolute Gasteiger partial charge is 0.391 e. The van der Waals surface area contributed by atoms with Crippen molar-refractivity contribution in [3.63, 3.8) is 0 Å². The number of aryl methyl sites for hydroxylation is 2. The quantitative estimate of drug-likeness (QED) is 0.830. The highest BCUT2D eigenvalue weighted by molar-refractivity contribution is 5.50. The summed E-state index contributed by atoms with van der Waals surface area (Å²) in [6.07, 6.45) is 2.64. The number of hydrogen-bond acceptors (Lipinski definition) is 4. The normalized spacial score (nSPS) is 24.6. The Morgan fingerprint density at radius 3 is 2.94 bits per heavy atom. The number of anilines is 1. The molecule has 100 valence electrons. The molecule has 1 aromatic heterocycles. The zero-order chi connectivity index (χ0) is 12.7. The number of nitrogens with zero attached hydrogens (tertiary/aromatic N) is 4. The molecule has 2 fully saturated rings. The molecule has 0 bridgehead atoms. The Balaban J connectivity index is 1.86. The van der Waals surface area contributed by atoms with Crippen molar-refractivity contribution in [2.24, 2.45) is 7.05 Å². The Morgan fingerprint density at radius 2 is 2.17 bits per heavy atom. The van der Waals surface area contributed by atoms with Crippen molar-refractivity contribution in [1.29, 1.82) is 0 Å². The molecule has 0 aromatic carbocycles. The molecule has 2 aliphatic rings. The van der Waals surface area contributed by atoms with Crippen LogP contribution in [0.1, 0.15) is 24.1 Å². The number of aliphatic hydroxyl groups excluding tert-OH is 1. The van der Waals surface area contributed by atoms with Crippen LogP contribution in [0.25, 0.3) is 0 Å². The van der Waals surface area contributed by atoms with Crippen LogP contribution in [0.3, 0.4) is 0 Å². The van der Waals surface area contributed by atoms with E-state index in [0.717, 1.165) is 36.7 Å². The van der Waals surface area contributed by atoms with E-state index in [0.29, 0.717) is 6.04 Å². The van der Waals surface area contributed by atoms with Gasteiger partial charge >= 0.3 is 0 Å². The maximum atomic E-state index is 9.54. The number of piperazine rings is 1. The fourth-order valence-electron chi connectivity index (χ4n) is 3.45. The topological polar surface area (TPSA) is 44.5 Å². The second kappa shape index (κ2) is 4.55. The summed E-state index contributed by atoms with van der Waals surface area (Å²) in [5.41, 5.74) is 1.94. The van der Waals surface area contributed by atoms with Crippen molar-refractivity contribution in [1.82, 2.24) is 14.7 Å². The zero-order valence-electron chi connectivity index (χ0n) is 11.3. The van der Waals surface area contributed by atoms with E-state index in [2.05, 4.69) is 14.9 Å². The third-order valence-corrected chi connectivity index (χ3v) is 4.36. The Labute approximate surface area is 108 Å². The molecular weight excluding hydrogens is 228 g/mol. The van der Waals surface area contributed by atoms with Gasteiger partial charge in [-0.15, -0.1) is 0 Å². The highest BCUT2D eigenvalue weighted by Crippen LogP contribution is 2.28. The first-order valence-corrected chi connectivity index (χ1v) is 6.83.